The summed E-state index contributed by atoms with van der Waals surface area (Å²) in [6, 6.07) is 9.46. The van der Waals surface area contributed by atoms with Crippen LogP contribution in [0.4, 0.5) is 22.7 Å². The van der Waals surface area contributed by atoms with Crippen molar-refractivity contribution in [2.75, 3.05) is 61.0 Å². The molecule has 11 heteroatoms. The van der Waals surface area contributed by atoms with Gasteiger partial charge in [0.05, 0.1) is 28.5 Å². The molecule has 0 aliphatic carbocycles. The maximum absolute atomic E-state index is 13.3. The van der Waals surface area contributed by atoms with Gasteiger partial charge < -0.3 is 24.8 Å². The zero-order valence-corrected chi connectivity index (χ0v) is 21.8. The van der Waals surface area contributed by atoms with E-state index in [1.807, 2.05) is 9.80 Å². The molecule has 202 valence electrons. The van der Waals surface area contributed by atoms with Crippen molar-refractivity contribution in [1.82, 2.24) is 4.90 Å². The number of hydrogen-bond acceptors (Lipinski definition) is 8. The zero-order chi connectivity index (χ0) is 27.2. The molecule has 0 atom stereocenters. The number of benzene rings is 2. The first-order valence-electron chi connectivity index (χ1n) is 12.9. The molecule has 0 spiro atoms. The van der Waals surface area contributed by atoms with E-state index < -0.39 is 16.8 Å². The quantitative estimate of drug-likeness (QED) is 0.331. The molecule has 2 amide bonds. The van der Waals surface area contributed by atoms with Gasteiger partial charge in [-0.3, -0.25) is 19.7 Å². The second-order valence-electron chi connectivity index (χ2n) is 9.41. The lowest BCUT2D eigenvalue weighted by Crippen LogP contribution is -2.48. The molecule has 1 N–H and O–H groups in total. The molecule has 38 heavy (non-hydrogen) atoms. The minimum Gasteiger partial charge on any atom is -0.462 e. The Balaban J connectivity index is 1.62. The van der Waals surface area contributed by atoms with Crippen molar-refractivity contribution >= 4 is 40.5 Å². The number of amides is 2. The molecule has 2 aliphatic heterocycles. The maximum atomic E-state index is 13.3. The van der Waals surface area contributed by atoms with Crippen molar-refractivity contribution in [2.24, 2.45) is 0 Å². The summed E-state index contributed by atoms with van der Waals surface area (Å²) in [6.45, 7) is 7.12. The number of carbonyl (C=O) groups excluding carboxylic acids is 3. The fraction of sp³-hybridized carbons (Fsp3) is 0.444. The van der Waals surface area contributed by atoms with Gasteiger partial charge >= 0.3 is 5.97 Å². The van der Waals surface area contributed by atoms with E-state index >= 15 is 0 Å². The molecular formula is C27H33N5O6. The summed E-state index contributed by atoms with van der Waals surface area (Å²) in [5, 5.41) is 14.7. The third-order valence-electron chi connectivity index (χ3n) is 6.95. The lowest BCUT2D eigenvalue weighted by atomic mass is 10.1. The Labute approximate surface area is 221 Å². The van der Waals surface area contributed by atoms with Gasteiger partial charge in [-0.1, -0.05) is 0 Å². The van der Waals surface area contributed by atoms with Crippen LogP contribution in [-0.4, -0.2) is 73.5 Å². The summed E-state index contributed by atoms with van der Waals surface area (Å²) < 4.78 is 5.12. The molecule has 11 nitrogen and oxygen atoms in total. The molecule has 2 aromatic carbocycles. The van der Waals surface area contributed by atoms with E-state index in [0.29, 0.717) is 43.2 Å². The van der Waals surface area contributed by atoms with Gasteiger partial charge in [0.15, 0.2) is 0 Å². The Morgan fingerprint density at radius 2 is 1.53 bits per heavy atom. The van der Waals surface area contributed by atoms with Crippen LogP contribution in [0.2, 0.25) is 0 Å². The van der Waals surface area contributed by atoms with Crippen molar-refractivity contribution in [1.29, 1.82) is 0 Å². The molecule has 2 fully saturated rings. The lowest BCUT2D eigenvalue weighted by Gasteiger charge is -2.36. The summed E-state index contributed by atoms with van der Waals surface area (Å²) in [5.74, 6) is -1.04. The largest absolute Gasteiger partial charge is 0.462 e. The van der Waals surface area contributed by atoms with Crippen LogP contribution in [0.5, 0.6) is 0 Å². The van der Waals surface area contributed by atoms with E-state index in [2.05, 4.69) is 5.32 Å². The average molecular weight is 524 g/mol. The minimum absolute atomic E-state index is 0.00503. The number of carbonyl (C=O) groups is 3. The Bertz CT molecular complexity index is 1220. The summed E-state index contributed by atoms with van der Waals surface area (Å²) in [6.07, 6.45) is 3.04. The number of nitrogens with zero attached hydrogens (tertiary/aromatic N) is 4. The first kappa shape index (κ1) is 26.9. The van der Waals surface area contributed by atoms with Crippen LogP contribution in [0.15, 0.2) is 36.4 Å². The van der Waals surface area contributed by atoms with E-state index in [1.54, 1.807) is 42.2 Å². The number of nitrogens with one attached hydrogen (secondary N) is 1. The molecule has 4 rings (SSSR count). The van der Waals surface area contributed by atoms with Crippen molar-refractivity contribution in [2.45, 2.75) is 33.1 Å². The fourth-order valence-corrected chi connectivity index (χ4v) is 4.92. The number of nitro benzene ring substituents is 1. The first-order chi connectivity index (χ1) is 18.3. The first-order valence-corrected chi connectivity index (χ1v) is 12.9. The Morgan fingerprint density at radius 1 is 0.895 bits per heavy atom. The molecule has 0 bridgehead atoms. The summed E-state index contributed by atoms with van der Waals surface area (Å²) >= 11 is 0. The molecule has 0 radical (unpaired) electrons. The number of anilines is 3. The second-order valence-corrected chi connectivity index (χ2v) is 9.41. The minimum atomic E-state index is -0.525. The molecule has 0 unspecified atom stereocenters. The van der Waals surface area contributed by atoms with Crippen LogP contribution in [0, 0.1) is 10.1 Å². The number of rotatable bonds is 7. The third kappa shape index (κ3) is 6.04. The van der Waals surface area contributed by atoms with Gasteiger partial charge in [0, 0.05) is 57.8 Å². The van der Waals surface area contributed by atoms with Crippen molar-refractivity contribution in [3.63, 3.8) is 0 Å². The predicted octanol–water partition coefficient (Wildman–Crippen LogP) is 3.68. The van der Waals surface area contributed by atoms with Crippen molar-refractivity contribution in [3.05, 3.63) is 57.6 Å². The van der Waals surface area contributed by atoms with E-state index in [4.69, 9.17) is 4.74 Å². The highest BCUT2D eigenvalue weighted by Gasteiger charge is 2.25. The Kier molecular flexibility index (Phi) is 8.45. The SMILES string of the molecule is CCOC(=O)c1ccc(N2CCN(C(C)=O)CC2)c(NC(=O)c2ccc(N3CCCCC3)c([N+](=O)[O-])c2)c1. The molecule has 2 saturated heterocycles. The topological polar surface area (TPSA) is 125 Å². The summed E-state index contributed by atoms with van der Waals surface area (Å²) in [4.78, 5) is 54.7. The molecule has 2 heterocycles. The molecule has 2 aliphatic rings. The van der Waals surface area contributed by atoms with Gasteiger partial charge in [-0.25, -0.2) is 4.79 Å². The number of ether oxygens (including phenoxy) is 1. The Morgan fingerprint density at radius 3 is 2.16 bits per heavy atom. The van der Waals surface area contributed by atoms with Gasteiger partial charge in [0.1, 0.15) is 5.69 Å². The highest BCUT2D eigenvalue weighted by Crippen LogP contribution is 2.33. The molecule has 0 saturated carbocycles. The van der Waals surface area contributed by atoms with Crippen LogP contribution in [0.25, 0.3) is 0 Å². The zero-order valence-electron chi connectivity index (χ0n) is 21.8. The smallest absolute Gasteiger partial charge is 0.338 e. The monoisotopic (exact) mass is 523 g/mol. The molecule has 0 aromatic heterocycles. The van der Waals surface area contributed by atoms with E-state index in [1.165, 1.54) is 13.0 Å². The van der Waals surface area contributed by atoms with Crippen molar-refractivity contribution in [3.8, 4) is 0 Å². The highest BCUT2D eigenvalue weighted by atomic mass is 16.6. The average Bonchev–Trinajstić information content (AvgIpc) is 2.93. The third-order valence-corrected chi connectivity index (χ3v) is 6.95. The lowest BCUT2D eigenvalue weighted by molar-refractivity contribution is -0.384. The molecular weight excluding hydrogens is 490 g/mol. The highest BCUT2D eigenvalue weighted by molar-refractivity contribution is 6.07. The van der Waals surface area contributed by atoms with E-state index in [9.17, 15) is 24.5 Å². The van der Waals surface area contributed by atoms with Crippen LogP contribution in [0.1, 0.15) is 53.8 Å². The van der Waals surface area contributed by atoms with Crippen LogP contribution >= 0.6 is 0 Å². The van der Waals surface area contributed by atoms with Crippen molar-refractivity contribution < 1.29 is 24.0 Å². The Hall–Kier alpha value is -4.15. The number of nitro groups is 1. The van der Waals surface area contributed by atoms with Gasteiger partial charge in [0.25, 0.3) is 11.6 Å². The second kappa shape index (κ2) is 11.9. The number of piperidine rings is 1. The van der Waals surface area contributed by atoms with E-state index in [0.717, 1.165) is 32.4 Å². The van der Waals surface area contributed by atoms with Crippen LogP contribution in [0.3, 0.4) is 0 Å². The fourth-order valence-electron chi connectivity index (χ4n) is 4.92. The number of esters is 1. The van der Waals surface area contributed by atoms with Gasteiger partial charge in [-0.2, -0.15) is 0 Å². The summed E-state index contributed by atoms with van der Waals surface area (Å²) in [5.41, 5.74) is 1.90. The summed E-state index contributed by atoms with van der Waals surface area (Å²) in [7, 11) is 0. The predicted molar refractivity (Wildman–Crippen MR) is 144 cm³/mol. The van der Waals surface area contributed by atoms with Gasteiger partial charge in [-0.05, 0) is 56.5 Å². The van der Waals surface area contributed by atoms with Gasteiger partial charge in [-0.15, -0.1) is 0 Å². The standard InChI is InChI=1S/C27H33N5O6/c1-3-38-27(35)21-8-9-23(31-15-13-29(14-16-31)19(2)33)22(17-21)28-26(34)20-7-10-24(25(18-20)32(36)37)30-11-5-4-6-12-30/h7-10,17-18H,3-6,11-16H2,1-2H3,(H,28,34). The van der Waals surface area contributed by atoms with Crippen LogP contribution in [-0.2, 0) is 9.53 Å². The maximum Gasteiger partial charge on any atom is 0.338 e. The normalized spacial score (nSPS) is 15.7. The number of hydrogen-bond donors (Lipinski definition) is 1. The van der Waals surface area contributed by atoms with Gasteiger partial charge in [0.2, 0.25) is 5.91 Å². The van der Waals surface area contributed by atoms with E-state index in [-0.39, 0.29) is 29.3 Å². The number of piperazine rings is 1. The van der Waals surface area contributed by atoms with Crippen LogP contribution < -0.4 is 15.1 Å². The molecule has 2 aromatic rings.